The molecule has 0 aliphatic carbocycles. The van der Waals surface area contributed by atoms with Crippen molar-refractivity contribution < 1.29 is 34.0 Å². The molecule has 1 unspecified atom stereocenters. The van der Waals surface area contributed by atoms with Crippen molar-refractivity contribution in [3.63, 3.8) is 0 Å². The molecule has 0 saturated heterocycles. The van der Waals surface area contributed by atoms with Crippen LogP contribution < -0.4 is 31.6 Å². The highest BCUT2D eigenvalue weighted by Crippen LogP contribution is 2.30. The van der Waals surface area contributed by atoms with Crippen LogP contribution in [0, 0.1) is 0 Å². The first-order valence-corrected chi connectivity index (χ1v) is 12.2. The fourth-order valence-corrected chi connectivity index (χ4v) is 3.58. The summed E-state index contributed by atoms with van der Waals surface area (Å²) in [6.07, 6.45) is 0.455. The summed E-state index contributed by atoms with van der Waals surface area (Å²) in [7, 11) is 1.40. The van der Waals surface area contributed by atoms with Crippen molar-refractivity contribution in [2.24, 2.45) is 22.2 Å². The molecule has 0 radical (unpaired) electrons. The molecule has 0 bridgehead atoms. The second-order valence-corrected chi connectivity index (χ2v) is 8.46. The van der Waals surface area contributed by atoms with Crippen LogP contribution in [0.1, 0.15) is 18.4 Å². The molecular formula is C26H37N5O7. The lowest BCUT2D eigenvalue weighted by molar-refractivity contribution is -0.148. The summed E-state index contributed by atoms with van der Waals surface area (Å²) in [5, 5.41) is 17.4. The number of methoxy groups -OCH3 is 1. The van der Waals surface area contributed by atoms with Crippen LogP contribution in [0.2, 0.25) is 0 Å². The van der Waals surface area contributed by atoms with Crippen molar-refractivity contribution in [1.29, 1.82) is 0 Å². The van der Waals surface area contributed by atoms with E-state index in [4.69, 9.17) is 41.6 Å². The minimum Gasteiger partial charge on any atom is -0.492 e. The van der Waals surface area contributed by atoms with E-state index in [2.05, 4.69) is 16.0 Å². The van der Waals surface area contributed by atoms with Crippen molar-refractivity contribution in [2.45, 2.75) is 31.4 Å². The van der Waals surface area contributed by atoms with Gasteiger partial charge in [-0.1, -0.05) is 24.3 Å². The Labute approximate surface area is 222 Å². The van der Waals surface area contributed by atoms with Crippen molar-refractivity contribution in [1.82, 2.24) is 0 Å². The molecule has 1 heterocycles. The number of hydrogen-bond acceptors (Lipinski definition) is 8. The van der Waals surface area contributed by atoms with Gasteiger partial charge in [-0.25, -0.2) is 4.79 Å². The average Bonchev–Trinajstić information content (AvgIpc) is 2.90. The molecule has 0 fully saturated rings. The van der Waals surface area contributed by atoms with Crippen LogP contribution in [0.25, 0.3) is 0 Å². The summed E-state index contributed by atoms with van der Waals surface area (Å²) in [5.74, 6) is -0.272. The quantitative estimate of drug-likeness (QED) is 0.141. The van der Waals surface area contributed by atoms with E-state index >= 15 is 0 Å². The molecule has 8 N–H and O–H groups in total. The number of aliphatic imine (C=N–C) groups is 1. The molecule has 2 aromatic rings. The van der Waals surface area contributed by atoms with Crippen LogP contribution >= 0.6 is 0 Å². The van der Waals surface area contributed by atoms with Gasteiger partial charge in [0.05, 0.1) is 18.8 Å². The molecule has 2 atom stereocenters. The van der Waals surface area contributed by atoms with Gasteiger partial charge in [0, 0.05) is 20.1 Å². The number of benzene rings is 2. The SMILES string of the molecule is CO[C@@H](Cc1ccc(OCCN2CCOc3ccccc32)cc1)C(=O)O.NC(N)=NCCCC(N)C(=O)O. The number of nitrogens with zero attached hydrogens (tertiary/aromatic N) is 2. The molecule has 0 amide bonds. The largest absolute Gasteiger partial charge is 0.492 e. The van der Waals surface area contributed by atoms with E-state index in [0.29, 0.717) is 39.0 Å². The van der Waals surface area contributed by atoms with Gasteiger partial charge in [0.15, 0.2) is 12.1 Å². The molecule has 1 aliphatic rings. The van der Waals surface area contributed by atoms with Crippen molar-refractivity contribution in [3.8, 4) is 11.5 Å². The van der Waals surface area contributed by atoms with Gasteiger partial charge in [0.2, 0.25) is 0 Å². The van der Waals surface area contributed by atoms with Crippen LogP contribution in [0.4, 0.5) is 5.69 Å². The van der Waals surface area contributed by atoms with Gasteiger partial charge >= 0.3 is 11.9 Å². The van der Waals surface area contributed by atoms with Crippen LogP contribution in [0.15, 0.2) is 53.5 Å². The Balaban J connectivity index is 0.000000358. The molecule has 2 aromatic carbocycles. The second-order valence-electron chi connectivity index (χ2n) is 8.46. The third kappa shape index (κ3) is 10.5. The maximum Gasteiger partial charge on any atom is 0.333 e. The topological polar surface area (TPSA) is 196 Å². The normalized spacial score (nSPS) is 13.6. The zero-order valence-corrected chi connectivity index (χ0v) is 21.5. The standard InChI is InChI=1S/C20H23NO5.C6H14N4O2/c1-24-19(20(22)23)14-15-6-8-16(9-7-15)25-12-10-21-11-13-26-18-5-3-2-4-17(18)21;7-4(5(11)12)2-1-3-10-6(8)9/h2-9,19H,10-14H2,1H3,(H,22,23);4H,1-3,7H2,(H,11,12)(H4,8,9,10)/t19-;/m0./s1. The van der Waals surface area contributed by atoms with Crippen LogP contribution in [-0.4, -0.2) is 80.2 Å². The summed E-state index contributed by atoms with van der Waals surface area (Å²) in [5.41, 5.74) is 17.3. The van der Waals surface area contributed by atoms with Crippen molar-refractivity contribution in [2.75, 3.05) is 44.9 Å². The van der Waals surface area contributed by atoms with E-state index in [9.17, 15) is 9.59 Å². The van der Waals surface area contributed by atoms with Gasteiger partial charge in [-0.05, 0) is 42.7 Å². The number of carboxylic acid groups (broad SMARTS) is 2. The number of fused-ring (bicyclic) bond motifs is 1. The molecule has 12 heteroatoms. The average molecular weight is 532 g/mol. The van der Waals surface area contributed by atoms with Gasteiger partial charge in [-0.15, -0.1) is 0 Å². The Morgan fingerprint density at radius 3 is 2.45 bits per heavy atom. The fraction of sp³-hybridized carbons (Fsp3) is 0.423. The number of para-hydroxylation sites is 2. The van der Waals surface area contributed by atoms with E-state index in [-0.39, 0.29) is 5.96 Å². The van der Waals surface area contributed by atoms with E-state index < -0.39 is 24.1 Å². The minimum absolute atomic E-state index is 0.0129. The Kier molecular flexibility index (Phi) is 12.7. The summed E-state index contributed by atoms with van der Waals surface area (Å²) in [6, 6.07) is 14.6. The third-order valence-corrected chi connectivity index (χ3v) is 5.64. The first-order valence-electron chi connectivity index (χ1n) is 12.2. The van der Waals surface area contributed by atoms with E-state index in [1.54, 1.807) is 0 Å². The molecule has 0 spiro atoms. The molecule has 0 saturated carbocycles. The number of rotatable bonds is 13. The third-order valence-electron chi connectivity index (χ3n) is 5.64. The maximum atomic E-state index is 11.0. The molecular weight excluding hydrogens is 494 g/mol. The zero-order valence-electron chi connectivity index (χ0n) is 21.5. The van der Waals surface area contributed by atoms with Crippen molar-refractivity contribution >= 4 is 23.6 Å². The molecule has 3 rings (SSSR count). The van der Waals surface area contributed by atoms with E-state index in [1.165, 1.54) is 7.11 Å². The molecule has 38 heavy (non-hydrogen) atoms. The van der Waals surface area contributed by atoms with Crippen LogP contribution in [0.3, 0.4) is 0 Å². The minimum atomic E-state index is -1.00. The number of guanidine groups is 1. The van der Waals surface area contributed by atoms with Gasteiger partial charge in [-0.3, -0.25) is 9.79 Å². The first kappa shape index (κ1) is 30.2. The van der Waals surface area contributed by atoms with Crippen LogP contribution in [0.5, 0.6) is 11.5 Å². The van der Waals surface area contributed by atoms with Gasteiger partial charge in [-0.2, -0.15) is 0 Å². The second kappa shape index (κ2) is 15.9. The van der Waals surface area contributed by atoms with Crippen LogP contribution in [-0.2, 0) is 20.7 Å². The highest BCUT2D eigenvalue weighted by molar-refractivity contribution is 5.75. The number of aliphatic carboxylic acids is 2. The van der Waals surface area contributed by atoms with Gasteiger partial charge < -0.3 is 46.5 Å². The molecule has 208 valence electrons. The molecule has 0 aromatic heterocycles. The predicted molar refractivity (Wildman–Crippen MR) is 144 cm³/mol. The summed E-state index contributed by atoms with van der Waals surface area (Å²) < 4.78 is 16.4. The molecule has 12 nitrogen and oxygen atoms in total. The Morgan fingerprint density at radius 1 is 1.11 bits per heavy atom. The lowest BCUT2D eigenvalue weighted by Gasteiger charge is -2.31. The number of ether oxygens (including phenoxy) is 3. The summed E-state index contributed by atoms with van der Waals surface area (Å²) >= 11 is 0. The Morgan fingerprint density at radius 2 is 1.82 bits per heavy atom. The summed E-state index contributed by atoms with van der Waals surface area (Å²) in [4.78, 5) is 27.2. The number of anilines is 1. The maximum absolute atomic E-state index is 11.0. The monoisotopic (exact) mass is 531 g/mol. The molecule has 1 aliphatic heterocycles. The highest BCUT2D eigenvalue weighted by atomic mass is 16.5. The zero-order chi connectivity index (χ0) is 27.9. The van der Waals surface area contributed by atoms with Crippen molar-refractivity contribution in [3.05, 3.63) is 54.1 Å². The van der Waals surface area contributed by atoms with E-state index in [1.807, 2.05) is 42.5 Å². The van der Waals surface area contributed by atoms with E-state index in [0.717, 1.165) is 35.8 Å². The smallest absolute Gasteiger partial charge is 0.333 e. The lowest BCUT2D eigenvalue weighted by Crippen LogP contribution is -2.35. The van der Waals surface area contributed by atoms with Gasteiger partial charge in [0.1, 0.15) is 30.8 Å². The number of carboxylic acids is 2. The number of carbonyl (C=O) groups is 2. The highest BCUT2D eigenvalue weighted by Gasteiger charge is 2.18. The Bertz CT molecular complexity index is 1040. The number of nitrogens with two attached hydrogens (primary N) is 3. The Hall–Kier alpha value is -4.03. The van der Waals surface area contributed by atoms with Gasteiger partial charge in [0.25, 0.3) is 0 Å². The number of hydrogen-bond donors (Lipinski definition) is 5. The fourth-order valence-electron chi connectivity index (χ4n) is 3.58. The first-order chi connectivity index (χ1) is 18.2. The predicted octanol–water partition coefficient (Wildman–Crippen LogP) is 1.06. The lowest BCUT2D eigenvalue weighted by atomic mass is 10.1. The summed E-state index contributed by atoms with van der Waals surface area (Å²) in [6.45, 7) is 3.27.